The van der Waals surface area contributed by atoms with E-state index in [1.807, 2.05) is 31.2 Å². The largest absolute Gasteiger partial charge is 0.350 e. The molecule has 3 aromatic carbocycles. The van der Waals surface area contributed by atoms with Crippen LogP contribution < -0.4 is 15.4 Å². The van der Waals surface area contributed by atoms with Gasteiger partial charge in [0.25, 0.3) is 0 Å². The Morgan fingerprint density at radius 3 is 2.45 bits per heavy atom. The average Bonchev–Trinajstić information content (AvgIpc) is 2.82. The number of hydrogen-bond donors (Lipinski definition) is 3. The number of benzene rings is 3. The first kappa shape index (κ1) is 22.7. The SMILES string of the molecule is Cc1ccc(CNC(=O)[C@@H](NS(=O)(=O)c2ccc3c(c2)CCC(=O)N3)c2ccccc2)cc1. The van der Waals surface area contributed by atoms with Gasteiger partial charge in [-0.2, -0.15) is 4.72 Å². The Hall–Kier alpha value is -3.49. The molecule has 1 heterocycles. The summed E-state index contributed by atoms with van der Waals surface area (Å²) in [6.45, 7) is 2.26. The maximum absolute atomic E-state index is 13.2. The van der Waals surface area contributed by atoms with Crippen molar-refractivity contribution in [2.75, 3.05) is 5.32 Å². The second kappa shape index (κ2) is 9.56. The number of aryl methyl sites for hydroxylation is 2. The van der Waals surface area contributed by atoms with Crippen molar-refractivity contribution in [2.45, 2.75) is 37.2 Å². The van der Waals surface area contributed by atoms with E-state index in [9.17, 15) is 18.0 Å². The van der Waals surface area contributed by atoms with E-state index in [4.69, 9.17) is 0 Å². The Balaban J connectivity index is 1.56. The molecule has 170 valence electrons. The van der Waals surface area contributed by atoms with Crippen LogP contribution in [0.4, 0.5) is 5.69 Å². The molecule has 4 rings (SSSR count). The van der Waals surface area contributed by atoms with Gasteiger partial charge in [0.15, 0.2) is 0 Å². The normalized spacial score (nSPS) is 14.2. The summed E-state index contributed by atoms with van der Waals surface area (Å²) in [6.07, 6.45) is 0.766. The van der Waals surface area contributed by atoms with Gasteiger partial charge in [-0.25, -0.2) is 8.42 Å². The van der Waals surface area contributed by atoms with Crippen molar-refractivity contribution in [3.05, 3.63) is 95.1 Å². The molecule has 33 heavy (non-hydrogen) atoms. The van der Waals surface area contributed by atoms with E-state index in [0.717, 1.165) is 16.7 Å². The van der Waals surface area contributed by atoms with Gasteiger partial charge in [-0.15, -0.1) is 0 Å². The minimum absolute atomic E-state index is 0.0460. The monoisotopic (exact) mass is 463 g/mol. The van der Waals surface area contributed by atoms with Crippen LogP contribution in [-0.4, -0.2) is 20.2 Å². The van der Waals surface area contributed by atoms with Gasteiger partial charge < -0.3 is 10.6 Å². The molecule has 0 aromatic heterocycles. The topological polar surface area (TPSA) is 104 Å². The van der Waals surface area contributed by atoms with Gasteiger partial charge in [-0.1, -0.05) is 60.2 Å². The molecule has 8 heteroatoms. The van der Waals surface area contributed by atoms with Crippen molar-refractivity contribution < 1.29 is 18.0 Å². The number of amides is 2. The summed E-state index contributed by atoms with van der Waals surface area (Å²) in [5.74, 6) is -0.541. The van der Waals surface area contributed by atoms with Crippen LogP contribution in [0.3, 0.4) is 0 Å². The summed E-state index contributed by atoms with van der Waals surface area (Å²) in [6, 6.07) is 19.9. The van der Waals surface area contributed by atoms with Gasteiger partial charge in [0.1, 0.15) is 6.04 Å². The molecule has 1 aliphatic rings. The Morgan fingerprint density at radius 1 is 1.00 bits per heavy atom. The van der Waals surface area contributed by atoms with Crippen LogP contribution in [0, 0.1) is 6.92 Å². The Morgan fingerprint density at radius 2 is 1.73 bits per heavy atom. The van der Waals surface area contributed by atoms with Crippen LogP contribution in [0.15, 0.2) is 77.7 Å². The number of carbonyl (C=O) groups is 2. The first-order chi connectivity index (χ1) is 15.8. The maximum atomic E-state index is 13.2. The molecule has 0 spiro atoms. The fourth-order valence-corrected chi connectivity index (χ4v) is 4.90. The highest BCUT2D eigenvalue weighted by molar-refractivity contribution is 7.89. The lowest BCUT2D eigenvalue weighted by Crippen LogP contribution is -2.40. The first-order valence-electron chi connectivity index (χ1n) is 10.7. The van der Waals surface area contributed by atoms with E-state index in [1.54, 1.807) is 42.5 Å². The number of hydrogen-bond acceptors (Lipinski definition) is 4. The molecule has 0 saturated carbocycles. The van der Waals surface area contributed by atoms with E-state index in [2.05, 4.69) is 15.4 Å². The van der Waals surface area contributed by atoms with E-state index in [0.29, 0.717) is 24.1 Å². The first-order valence-corrected chi connectivity index (χ1v) is 12.1. The fourth-order valence-electron chi connectivity index (χ4n) is 3.67. The molecule has 0 radical (unpaired) electrons. The van der Waals surface area contributed by atoms with Gasteiger partial charge in [-0.3, -0.25) is 9.59 Å². The predicted molar refractivity (Wildman–Crippen MR) is 126 cm³/mol. The molecule has 0 unspecified atom stereocenters. The van der Waals surface area contributed by atoms with Gasteiger partial charge in [-0.05, 0) is 48.2 Å². The van der Waals surface area contributed by atoms with Crippen LogP contribution >= 0.6 is 0 Å². The highest BCUT2D eigenvalue weighted by Gasteiger charge is 2.28. The highest BCUT2D eigenvalue weighted by atomic mass is 32.2. The Labute approximate surface area is 193 Å². The molecule has 0 saturated heterocycles. The van der Waals surface area contributed by atoms with Gasteiger partial charge in [0.2, 0.25) is 21.8 Å². The van der Waals surface area contributed by atoms with Crippen LogP contribution in [0.25, 0.3) is 0 Å². The molecular formula is C25H25N3O4S. The standard InChI is InChI=1S/C25H25N3O4S/c1-17-7-9-18(10-8-17)16-26-25(30)24(19-5-3-2-4-6-19)28-33(31,32)21-12-13-22-20(15-21)11-14-23(29)27-22/h2-10,12-13,15,24,28H,11,14,16H2,1H3,(H,26,30)(H,27,29)/t24-/m0/s1. The molecule has 1 aliphatic heterocycles. The second-order valence-electron chi connectivity index (χ2n) is 8.04. The smallest absolute Gasteiger partial charge is 0.243 e. The van der Waals surface area contributed by atoms with Crippen LogP contribution in [0.1, 0.15) is 34.7 Å². The second-order valence-corrected chi connectivity index (χ2v) is 9.75. The van der Waals surface area contributed by atoms with Crippen molar-refractivity contribution in [3.8, 4) is 0 Å². The lowest BCUT2D eigenvalue weighted by Gasteiger charge is -2.21. The molecule has 0 fully saturated rings. The van der Waals surface area contributed by atoms with E-state index in [-0.39, 0.29) is 17.3 Å². The molecule has 1 atom stereocenters. The van der Waals surface area contributed by atoms with Crippen LogP contribution in [0.2, 0.25) is 0 Å². The molecule has 3 aromatic rings. The summed E-state index contributed by atoms with van der Waals surface area (Å²) in [5, 5.41) is 5.57. The van der Waals surface area contributed by atoms with Gasteiger partial charge in [0.05, 0.1) is 4.90 Å². The molecule has 3 N–H and O–H groups in total. The lowest BCUT2D eigenvalue weighted by molar-refractivity contribution is -0.123. The lowest BCUT2D eigenvalue weighted by atomic mass is 10.0. The number of nitrogens with one attached hydrogen (secondary N) is 3. The molecule has 7 nitrogen and oxygen atoms in total. The van der Waals surface area contributed by atoms with Crippen LogP contribution in [-0.2, 0) is 32.6 Å². The summed E-state index contributed by atoms with van der Waals surface area (Å²) in [4.78, 5) is 24.7. The average molecular weight is 464 g/mol. The van der Waals surface area contributed by atoms with E-state index < -0.39 is 22.0 Å². The quantitative estimate of drug-likeness (QED) is 0.500. The predicted octanol–water partition coefficient (Wildman–Crippen LogP) is 3.22. The zero-order valence-electron chi connectivity index (χ0n) is 18.2. The number of anilines is 1. The fraction of sp³-hybridized carbons (Fsp3) is 0.200. The third kappa shape index (κ3) is 5.47. The molecule has 0 bridgehead atoms. The number of fused-ring (bicyclic) bond motifs is 1. The summed E-state index contributed by atoms with van der Waals surface area (Å²) >= 11 is 0. The van der Waals surface area contributed by atoms with Crippen LogP contribution in [0.5, 0.6) is 0 Å². The Bertz CT molecular complexity index is 1270. The van der Waals surface area contributed by atoms with E-state index >= 15 is 0 Å². The summed E-state index contributed by atoms with van der Waals surface area (Å²) < 4.78 is 29.0. The van der Waals surface area contributed by atoms with Crippen molar-refractivity contribution in [3.63, 3.8) is 0 Å². The third-order valence-electron chi connectivity index (χ3n) is 5.54. The van der Waals surface area contributed by atoms with Gasteiger partial charge in [0, 0.05) is 18.7 Å². The summed E-state index contributed by atoms with van der Waals surface area (Å²) in [5.41, 5.74) is 3.93. The third-order valence-corrected chi connectivity index (χ3v) is 6.96. The number of sulfonamides is 1. The molecule has 2 amide bonds. The molecular weight excluding hydrogens is 438 g/mol. The highest BCUT2D eigenvalue weighted by Crippen LogP contribution is 2.26. The van der Waals surface area contributed by atoms with E-state index in [1.165, 1.54) is 6.07 Å². The van der Waals surface area contributed by atoms with Crippen molar-refractivity contribution in [1.82, 2.24) is 10.0 Å². The van der Waals surface area contributed by atoms with Gasteiger partial charge >= 0.3 is 0 Å². The number of carbonyl (C=O) groups excluding carboxylic acids is 2. The maximum Gasteiger partial charge on any atom is 0.243 e. The van der Waals surface area contributed by atoms with Crippen molar-refractivity contribution >= 4 is 27.5 Å². The van der Waals surface area contributed by atoms with Crippen molar-refractivity contribution in [2.24, 2.45) is 0 Å². The Kier molecular flexibility index (Phi) is 6.57. The minimum atomic E-state index is -4.01. The van der Waals surface area contributed by atoms with Crippen molar-refractivity contribution in [1.29, 1.82) is 0 Å². The number of rotatable bonds is 7. The zero-order chi connectivity index (χ0) is 23.4. The summed E-state index contributed by atoms with van der Waals surface area (Å²) in [7, 11) is -4.01. The molecule has 0 aliphatic carbocycles. The zero-order valence-corrected chi connectivity index (χ0v) is 19.0. The minimum Gasteiger partial charge on any atom is -0.350 e.